The molecule has 0 bridgehead atoms. The van der Waals surface area contributed by atoms with Crippen LogP contribution in [0.25, 0.3) is 0 Å². The summed E-state index contributed by atoms with van der Waals surface area (Å²) in [6, 6.07) is 9.20. The van der Waals surface area contributed by atoms with E-state index in [0.717, 1.165) is 4.31 Å². The SMILES string of the molecule is CCN(CC(=O)Nc1cc(Cl)ccc1Cl)S(=O)(=O)c1ccc(OC)c(C)c1. The highest BCUT2D eigenvalue weighted by molar-refractivity contribution is 7.89. The number of amides is 1. The number of halogens is 2. The van der Waals surface area contributed by atoms with Crippen LogP contribution in [-0.2, 0) is 14.8 Å². The van der Waals surface area contributed by atoms with E-state index < -0.39 is 15.9 Å². The van der Waals surface area contributed by atoms with Gasteiger partial charge in [-0.3, -0.25) is 4.79 Å². The number of methoxy groups -OCH3 is 1. The van der Waals surface area contributed by atoms with Gasteiger partial charge >= 0.3 is 0 Å². The number of anilines is 1. The lowest BCUT2D eigenvalue weighted by Crippen LogP contribution is -2.37. The summed E-state index contributed by atoms with van der Waals surface area (Å²) in [5.74, 6) is 0.0696. The lowest BCUT2D eigenvalue weighted by molar-refractivity contribution is -0.116. The molecule has 27 heavy (non-hydrogen) atoms. The van der Waals surface area contributed by atoms with Gasteiger partial charge in [-0.25, -0.2) is 8.42 Å². The van der Waals surface area contributed by atoms with Gasteiger partial charge in [-0.2, -0.15) is 4.31 Å². The van der Waals surface area contributed by atoms with Crippen LogP contribution in [0.15, 0.2) is 41.3 Å². The number of hydrogen-bond acceptors (Lipinski definition) is 4. The maximum absolute atomic E-state index is 12.9. The second-order valence-electron chi connectivity index (χ2n) is 5.73. The summed E-state index contributed by atoms with van der Waals surface area (Å²) in [6.45, 7) is 3.19. The number of carbonyl (C=O) groups is 1. The highest BCUT2D eigenvalue weighted by Crippen LogP contribution is 2.26. The molecule has 0 saturated carbocycles. The second-order valence-corrected chi connectivity index (χ2v) is 8.52. The van der Waals surface area contributed by atoms with Crippen LogP contribution in [0.1, 0.15) is 12.5 Å². The molecule has 1 amide bonds. The number of likely N-dealkylation sites (N-methyl/N-ethyl adjacent to an activating group) is 1. The van der Waals surface area contributed by atoms with Gasteiger partial charge in [0.25, 0.3) is 0 Å². The van der Waals surface area contributed by atoms with E-state index in [0.29, 0.717) is 27.0 Å². The smallest absolute Gasteiger partial charge is 0.243 e. The molecule has 2 rings (SSSR count). The Morgan fingerprint density at radius 2 is 1.89 bits per heavy atom. The number of hydrogen-bond donors (Lipinski definition) is 1. The molecule has 9 heteroatoms. The third-order valence-corrected chi connectivity index (χ3v) is 6.36. The quantitative estimate of drug-likeness (QED) is 0.720. The fourth-order valence-corrected chi connectivity index (χ4v) is 4.30. The van der Waals surface area contributed by atoms with Gasteiger partial charge in [0.2, 0.25) is 15.9 Å². The van der Waals surface area contributed by atoms with Crippen LogP contribution in [-0.4, -0.2) is 38.8 Å². The number of sulfonamides is 1. The molecule has 2 aromatic rings. The van der Waals surface area contributed by atoms with Gasteiger partial charge < -0.3 is 10.1 Å². The largest absolute Gasteiger partial charge is 0.496 e. The Balaban J connectivity index is 2.21. The monoisotopic (exact) mass is 430 g/mol. The van der Waals surface area contributed by atoms with Crippen LogP contribution in [0.2, 0.25) is 10.0 Å². The molecule has 2 aromatic carbocycles. The zero-order chi connectivity index (χ0) is 20.2. The summed E-state index contributed by atoms with van der Waals surface area (Å²) in [6.07, 6.45) is 0. The predicted molar refractivity (Wildman–Crippen MR) is 107 cm³/mol. The van der Waals surface area contributed by atoms with Gasteiger partial charge in [0.05, 0.1) is 29.3 Å². The molecule has 0 spiro atoms. The van der Waals surface area contributed by atoms with E-state index in [1.807, 2.05) is 0 Å². The normalized spacial score (nSPS) is 11.5. The van der Waals surface area contributed by atoms with Gasteiger partial charge in [0.1, 0.15) is 5.75 Å². The van der Waals surface area contributed by atoms with Crippen LogP contribution in [0.4, 0.5) is 5.69 Å². The zero-order valence-electron chi connectivity index (χ0n) is 15.1. The second kappa shape index (κ2) is 8.93. The van der Waals surface area contributed by atoms with Crippen molar-refractivity contribution in [1.29, 1.82) is 0 Å². The van der Waals surface area contributed by atoms with Crippen LogP contribution in [0, 0.1) is 6.92 Å². The van der Waals surface area contributed by atoms with Gasteiger partial charge in [-0.05, 0) is 48.9 Å². The molecule has 0 aliphatic carbocycles. The summed E-state index contributed by atoms with van der Waals surface area (Å²) in [5, 5.41) is 3.30. The van der Waals surface area contributed by atoms with Crippen LogP contribution in [0.3, 0.4) is 0 Å². The fourth-order valence-electron chi connectivity index (χ4n) is 2.47. The number of ether oxygens (including phenoxy) is 1. The van der Waals surface area contributed by atoms with E-state index in [-0.39, 0.29) is 18.0 Å². The van der Waals surface area contributed by atoms with Gasteiger partial charge in [0, 0.05) is 11.6 Å². The minimum Gasteiger partial charge on any atom is -0.496 e. The Kier molecular flexibility index (Phi) is 7.11. The van der Waals surface area contributed by atoms with Crippen molar-refractivity contribution in [3.05, 3.63) is 52.0 Å². The summed E-state index contributed by atoms with van der Waals surface area (Å²) >= 11 is 11.9. The van der Waals surface area contributed by atoms with Gasteiger partial charge in [0.15, 0.2) is 0 Å². The predicted octanol–water partition coefficient (Wildman–Crippen LogP) is 3.96. The molecule has 1 N–H and O–H groups in total. The average molecular weight is 431 g/mol. The highest BCUT2D eigenvalue weighted by atomic mass is 35.5. The molecule has 0 aromatic heterocycles. The van der Waals surface area contributed by atoms with Gasteiger partial charge in [-0.15, -0.1) is 0 Å². The maximum atomic E-state index is 12.9. The minimum atomic E-state index is -3.85. The minimum absolute atomic E-state index is 0.0937. The third-order valence-electron chi connectivity index (χ3n) is 3.88. The molecule has 0 aliphatic rings. The third kappa shape index (κ3) is 5.13. The van der Waals surface area contributed by atoms with Crippen molar-refractivity contribution in [2.75, 3.05) is 25.5 Å². The van der Waals surface area contributed by atoms with Crippen molar-refractivity contribution >= 4 is 44.8 Å². The Morgan fingerprint density at radius 1 is 1.19 bits per heavy atom. The first-order chi connectivity index (χ1) is 12.7. The number of aryl methyl sites for hydroxylation is 1. The summed E-state index contributed by atoms with van der Waals surface area (Å²) in [7, 11) is -2.33. The number of nitrogens with zero attached hydrogens (tertiary/aromatic N) is 1. The molecule has 0 fully saturated rings. The van der Waals surface area contributed by atoms with Crippen LogP contribution in [0.5, 0.6) is 5.75 Å². The molecule has 146 valence electrons. The molecule has 0 saturated heterocycles. The molecular formula is C18H20Cl2N2O4S. The lowest BCUT2D eigenvalue weighted by atomic mass is 10.2. The number of nitrogens with one attached hydrogen (secondary N) is 1. The van der Waals surface area contributed by atoms with E-state index in [4.69, 9.17) is 27.9 Å². The first kappa shape index (κ1) is 21.5. The Morgan fingerprint density at radius 3 is 2.48 bits per heavy atom. The first-order valence-electron chi connectivity index (χ1n) is 8.08. The molecule has 0 radical (unpaired) electrons. The summed E-state index contributed by atoms with van der Waals surface area (Å²) in [5.41, 5.74) is 1.01. The van der Waals surface area contributed by atoms with Crippen molar-refractivity contribution in [1.82, 2.24) is 4.31 Å². The molecule has 0 heterocycles. The van der Waals surface area contributed by atoms with Crippen LogP contribution >= 0.6 is 23.2 Å². The number of carbonyl (C=O) groups excluding carboxylic acids is 1. The first-order valence-corrected chi connectivity index (χ1v) is 10.3. The zero-order valence-corrected chi connectivity index (χ0v) is 17.5. The lowest BCUT2D eigenvalue weighted by Gasteiger charge is -2.21. The van der Waals surface area contributed by atoms with Crippen molar-refractivity contribution in [2.45, 2.75) is 18.7 Å². The number of benzene rings is 2. The van der Waals surface area contributed by atoms with E-state index in [1.165, 1.54) is 25.3 Å². The Bertz CT molecular complexity index is 948. The van der Waals surface area contributed by atoms with E-state index >= 15 is 0 Å². The van der Waals surface area contributed by atoms with E-state index in [1.54, 1.807) is 32.0 Å². The van der Waals surface area contributed by atoms with Crippen LogP contribution < -0.4 is 10.1 Å². The van der Waals surface area contributed by atoms with Crippen molar-refractivity contribution < 1.29 is 17.9 Å². The Labute approximate surface area is 169 Å². The van der Waals surface area contributed by atoms with E-state index in [2.05, 4.69) is 5.32 Å². The van der Waals surface area contributed by atoms with Crippen molar-refractivity contribution in [2.24, 2.45) is 0 Å². The average Bonchev–Trinajstić information content (AvgIpc) is 2.62. The molecule has 6 nitrogen and oxygen atoms in total. The molecule has 0 unspecified atom stereocenters. The Hall–Kier alpha value is -1.80. The topological polar surface area (TPSA) is 75.7 Å². The number of rotatable bonds is 7. The van der Waals surface area contributed by atoms with Gasteiger partial charge in [-0.1, -0.05) is 30.1 Å². The molecule has 0 atom stereocenters. The highest BCUT2D eigenvalue weighted by Gasteiger charge is 2.26. The standard InChI is InChI=1S/C18H20Cl2N2O4S/c1-4-22(11-18(23)21-16-10-13(19)5-7-15(16)20)27(24,25)14-6-8-17(26-3)12(2)9-14/h5-10H,4,11H2,1-3H3,(H,21,23). The molecular weight excluding hydrogens is 411 g/mol. The van der Waals surface area contributed by atoms with E-state index in [9.17, 15) is 13.2 Å². The summed E-state index contributed by atoms with van der Waals surface area (Å²) in [4.78, 5) is 12.4. The fraction of sp³-hybridized carbons (Fsp3) is 0.278. The maximum Gasteiger partial charge on any atom is 0.243 e. The van der Waals surface area contributed by atoms with Crippen molar-refractivity contribution in [3.8, 4) is 5.75 Å². The van der Waals surface area contributed by atoms with Crippen molar-refractivity contribution in [3.63, 3.8) is 0 Å². The molecule has 0 aliphatic heterocycles. The summed E-state index contributed by atoms with van der Waals surface area (Å²) < 4.78 is 32.0.